The highest BCUT2D eigenvalue weighted by atomic mass is 15.2. The van der Waals surface area contributed by atoms with E-state index in [9.17, 15) is 0 Å². The molecule has 2 atom stereocenters. The van der Waals surface area contributed by atoms with Crippen molar-refractivity contribution in [2.45, 2.75) is 95.7 Å². The number of nitrogens with one attached hydrogen (secondary N) is 2. The molecule has 2 aliphatic rings. The van der Waals surface area contributed by atoms with Crippen LogP contribution in [-0.2, 0) is 0 Å². The van der Waals surface area contributed by atoms with E-state index in [1.807, 2.05) is 18.7 Å². The Morgan fingerprint density at radius 2 is 2.00 bits per heavy atom. The number of piperidine rings is 1. The molecule has 1 saturated carbocycles. The lowest BCUT2D eigenvalue weighted by molar-refractivity contribution is 0.282. The summed E-state index contributed by atoms with van der Waals surface area (Å²) in [6.45, 7) is 9.27. The molecule has 6 heteroatoms. The summed E-state index contributed by atoms with van der Waals surface area (Å²) in [5.74, 6) is 1.50. The summed E-state index contributed by atoms with van der Waals surface area (Å²) < 4.78 is 0. The van der Waals surface area contributed by atoms with Gasteiger partial charge in [-0.25, -0.2) is 4.98 Å². The predicted octanol–water partition coefficient (Wildman–Crippen LogP) is 4.49. The van der Waals surface area contributed by atoms with Crippen molar-refractivity contribution in [2.75, 3.05) is 13.6 Å². The van der Waals surface area contributed by atoms with Crippen molar-refractivity contribution < 1.29 is 0 Å². The number of hydrogen-bond donors (Lipinski definition) is 3. The molecule has 0 spiro atoms. The molecule has 1 aliphatic heterocycles. The zero-order chi connectivity index (χ0) is 21.1. The van der Waals surface area contributed by atoms with Gasteiger partial charge in [0, 0.05) is 36.9 Å². The number of nitrogens with zero attached hydrogens (tertiary/aromatic N) is 3. The largest absolute Gasteiger partial charge is 0.344 e. The second-order valence-electron chi connectivity index (χ2n) is 8.43. The Morgan fingerprint density at radius 3 is 2.59 bits per heavy atom. The molecular formula is C23H42N6. The van der Waals surface area contributed by atoms with E-state index < -0.39 is 0 Å². The van der Waals surface area contributed by atoms with Crippen molar-refractivity contribution in [3.05, 3.63) is 30.5 Å². The van der Waals surface area contributed by atoms with Crippen LogP contribution < -0.4 is 11.1 Å². The third kappa shape index (κ3) is 7.27. The normalized spacial score (nSPS) is 25.9. The first kappa shape index (κ1) is 23.6. The fraction of sp³-hybridized carbons (Fsp3) is 0.739. The number of aliphatic imine (C=N–C) groups is 1. The van der Waals surface area contributed by atoms with Crippen LogP contribution in [0.1, 0.15) is 95.1 Å². The van der Waals surface area contributed by atoms with Gasteiger partial charge in [0.15, 0.2) is 0 Å². The van der Waals surface area contributed by atoms with E-state index in [0.717, 1.165) is 44.5 Å². The molecule has 1 aromatic rings. The monoisotopic (exact) mass is 402 g/mol. The summed E-state index contributed by atoms with van der Waals surface area (Å²) in [6, 6.07) is 1.04. The summed E-state index contributed by atoms with van der Waals surface area (Å²) in [5, 5.41) is 3.58. The van der Waals surface area contributed by atoms with Gasteiger partial charge in [0.1, 0.15) is 5.82 Å². The van der Waals surface area contributed by atoms with E-state index in [2.05, 4.69) is 45.6 Å². The molecule has 6 nitrogen and oxygen atoms in total. The molecule has 29 heavy (non-hydrogen) atoms. The molecule has 3 rings (SSSR count). The van der Waals surface area contributed by atoms with Crippen molar-refractivity contribution in [1.82, 2.24) is 20.2 Å². The molecule has 0 bridgehead atoms. The summed E-state index contributed by atoms with van der Waals surface area (Å²) >= 11 is 0. The Bertz CT molecular complexity index is 596. The number of rotatable bonds is 7. The molecule has 1 unspecified atom stereocenters. The maximum Gasteiger partial charge on any atom is 0.123 e. The minimum atomic E-state index is -0.00675. The van der Waals surface area contributed by atoms with Crippen molar-refractivity contribution >= 4 is 6.34 Å². The lowest BCUT2D eigenvalue weighted by Gasteiger charge is -2.33. The van der Waals surface area contributed by atoms with E-state index in [4.69, 9.17) is 5.73 Å². The highest BCUT2D eigenvalue weighted by molar-refractivity contribution is 5.56. The topological polar surface area (TPSA) is 82.3 Å². The van der Waals surface area contributed by atoms with Gasteiger partial charge >= 0.3 is 0 Å². The Kier molecular flexibility index (Phi) is 10.4. The summed E-state index contributed by atoms with van der Waals surface area (Å²) in [6.07, 6.45) is 16.4. The third-order valence-electron chi connectivity index (χ3n) is 5.93. The molecule has 1 aromatic heterocycles. The maximum absolute atomic E-state index is 6.42. The molecule has 0 amide bonds. The van der Waals surface area contributed by atoms with Crippen molar-refractivity contribution in [3.8, 4) is 0 Å². The highest BCUT2D eigenvalue weighted by Gasteiger charge is 2.26. The minimum absolute atomic E-state index is 0.00675. The van der Waals surface area contributed by atoms with Crippen molar-refractivity contribution in [3.63, 3.8) is 0 Å². The number of aromatic nitrogens is 2. The smallest absolute Gasteiger partial charge is 0.123 e. The molecule has 4 N–H and O–H groups in total. The summed E-state index contributed by atoms with van der Waals surface area (Å²) in [4.78, 5) is 14.4. The van der Waals surface area contributed by atoms with Gasteiger partial charge < -0.3 is 20.9 Å². The number of H-pyrrole nitrogens is 1. The van der Waals surface area contributed by atoms with Gasteiger partial charge in [-0.3, -0.25) is 4.99 Å². The van der Waals surface area contributed by atoms with Gasteiger partial charge in [0.2, 0.25) is 0 Å². The van der Waals surface area contributed by atoms with E-state index in [-0.39, 0.29) is 6.04 Å². The zero-order valence-corrected chi connectivity index (χ0v) is 18.7. The first-order valence-corrected chi connectivity index (χ1v) is 11.5. The Labute approximate surface area is 177 Å². The average Bonchev–Trinajstić information content (AvgIpc) is 3.24. The van der Waals surface area contributed by atoms with Crippen LogP contribution in [0.4, 0.5) is 0 Å². The van der Waals surface area contributed by atoms with Crippen molar-refractivity contribution in [1.29, 1.82) is 0 Å². The van der Waals surface area contributed by atoms with Crippen LogP contribution in [-0.4, -0.2) is 46.9 Å². The zero-order valence-electron chi connectivity index (χ0n) is 18.7. The Morgan fingerprint density at radius 1 is 1.28 bits per heavy atom. The highest BCUT2D eigenvalue weighted by Crippen LogP contribution is 2.34. The lowest BCUT2D eigenvalue weighted by atomic mass is 9.84. The lowest BCUT2D eigenvalue weighted by Crippen LogP contribution is -2.36. The third-order valence-corrected chi connectivity index (χ3v) is 5.93. The molecule has 2 fully saturated rings. The van der Waals surface area contributed by atoms with Gasteiger partial charge in [-0.1, -0.05) is 33.3 Å². The van der Waals surface area contributed by atoms with Crippen LogP contribution in [0.2, 0.25) is 0 Å². The Hall–Kier alpha value is -1.66. The molecule has 1 saturated heterocycles. The standard InChI is InChI=1S/C20H34N6.C3H8/c1-3-26(14-22-2)17-9-7-15(8-10-17)19-13-24-20(25-19)18(21)12-16-6-4-5-11-23-16;1-3-2/h3,13-18,23H,1,4-12,21H2,2H3,(H,24,25);3H2,1-2H3/t15?,16?,17?,18-;/m0./s1. The summed E-state index contributed by atoms with van der Waals surface area (Å²) in [7, 11) is 1.81. The van der Waals surface area contributed by atoms with Crippen molar-refractivity contribution in [2.24, 2.45) is 10.7 Å². The molecule has 164 valence electrons. The van der Waals surface area contributed by atoms with Crippen LogP contribution in [0.3, 0.4) is 0 Å². The molecule has 0 radical (unpaired) electrons. The number of nitrogens with two attached hydrogens (primary N) is 1. The predicted molar refractivity (Wildman–Crippen MR) is 123 cm³/mol. The fourth-order valence-corrected chi connectivity index (χ4v) is 4.40. The van der Waals surface area contributed by atoms with E-state index in [0.29, 0.717) is 18.0 Å². The van der Waals surface area contributed by atoms with E-state index >= 15 is 0 Å². The first-order chi connectivity index (χ1) is 14.1. The van der Waals surface area contributed by atoms with Crippen LogP contribution in [0.25, 0.3) is 0 Å². The molecule has 1 aliphatic carbocycles. The van der Waals surface area contributed by atoms with E-state index in [1.54, 1.807) is 7.05 Å². The minimum Gasteiger partial charge on any atom is -0.344 e. The van der Waals surface area contributed by atoms with Crippen LogP contribution >= 0.6 is 0 Å². The Balaban J connectivity index is 0.000000941. The van der Waals surface area contributed by atoms with Crippen LogP contribution in [0.15, 0.2) is 24.0 Å². The first-order valence-electron chi connectivity index (χ1n) is 11.5. The molecule has 0 aromatic carbocycles. The maximum atomic E-state index is 6.42. The van der Waals surface area contributed by atoms with Gasteiger partial charge in [-0.2, -0.15) is 0 Å². The second-order valence-corrected chi connectivity index (χ2v) is 8.43. The quantitative estimate of drug-likeness (QED) is 0.464. The van der Waals surface area contributed by atoms with Gasteiger partial charge in [0.25, 0.3) is 0 Å². The second kappa shape index (κ2) is 12.8. The average molecular weight is 403 g/mol. The fourth-order valence-electron chi connectivity index (χ4n) is 4.40. The molecule has 2 heterocycles. The van der Waals surface area contributed by atoms with Crippen LogP contribution in [0.5, 0.6) is 0 Å². The van der Waals surface area contributed by atoms with Crippen LogP contribution in [0, 0.1) is 0 Å². The number of hydrogen-bond acceptors (Lipinski definition) is 4. The molecular weight excluding hydrogens is 360 g/mol. The van der Waals surface area contributed by atoms with Gasteiger partial charge in [-0.05, 0) is 57.7 Å². The number of aromatic amines is 1. The number of imidazole rings is 1. The summed E-state index contributed by atoms with van der Waals surface area (Å²) in [5.41, 5.74) is 7.67. The van der Waals surface area contributed by atoms with Gasteiger partial charge in [-0.15, -0.1) is 0 Å². The van der Waals surface area contributed by atoms with Gasteiger partial charge in [0.05, 0.1) is 12.4 Å². The SMILES string of the molecule is C=CN(C=NC)C1CCC(c2cnc([C@@H](N)CC3CCCCN3)[nH]2)CC1.CCC. The van der Waals surface area contributed by atoms with E-state index in [1.165, 1.54) is 31.4 Å².